The highest BCUT2D eigenvalue weighted by Crippen LogP contribution is 2.28. The van der Waals surface area contributed by atoms with Crippen LogP contribution in [-0.2, 0) is 0 Å². The van der Waals surface area contributed by atoms with E-state index in [0.717, 1.165) is 21.8 Å². The van der Waals surface area contributed by atoms with Crippen LogP contribution in [0, 0.1) is 20.8 Å². The van der Waals surface area contributed by atoms with Crippen molar-refractivity contribution < 1.29 is 4.79 Å². The Morgan fingerprint density at radius 3 is 2.76 bits per heavy atom. The molecule has 108 valence electrons. The molecule has 1 N–H and O–H groups in total. The minimum atomic E-state index is -0.251. The largest absolute Gasteiger partial charge is 0.319 e. The average molecular weight is 320 g/mol. The molecule has 4 nitrogen and oxygen atoms in total. The molecule has 1 amide bonds. The molecule has 21 heavy (non-hydrogen) atoms. The van der Waals surface area contributed by atoms with Crippen molar-refractivity contribution in [3.05, 3.63) is 51.2 Å². The number of hydrogen-bond acceptors (Lipinski definition) is 3. The predicted octanol–water partition coefficient (Wildman–Crippen LogP) is 4.23. The third kappa shape index (κ3) is 2.54. The van der Waals surface area contributed by atoms with Crippen LogP contribution < -0.4 is 5.32 Å². The second-order valence-electron chi connectivity index (χ2n) is 5.05. The third-order valence-electron chi connectivity index (χ3n) is 3.29. The number of benzene rings is 1. The van der Waals surface area contributed by atoms with E-state index in [1.165, 1.54) is 11.3 Å². The summed E-state index contributed by atoms with van der Waals surface area (Å²) < 4.78 is 1.91. The highest BCUT2D eigenvalue weighted by Gasteiger charge is 2.15. The van der Waals surface area contributed by atoms with E-state index in [9.17, 15) is 4.79 Å². The minimum absolute atomic E-state index is 0.251. The molecular formula is C15H14ClN3OS. The van der Waals surface area contributed by atoms with Crippen molar-refractivity contribution in [3.8, 4) is 0 Å². The number of fused-ring (bicyclic) bond motifs is 1. The lowest BCUT2D eigenvalue weighted by atomic mass is 10.1. The van der Waals surface area contributed by atoms with E-state index in [1.54, 1.807) is 6.20 Å². The van der Waals surface area contributed by atoms with Crippen molar-refractivity contribution in [1.82, 2.24) is 9.38 Å². The van der Waals surface area contributed by atoms with Crippen LogP contribution in [0.25, 0.3) is 4.96 Å². The zero-order valence-electron chi connectivity index (χ0n) is 11.9. The van der Waals surface area contributed by atoms with Crippen LogP contribution in [0.5, 0.6) is 0 Å². The molecule has 0 saturated heterocycles. The Morgan fingerprint density at radius 2 is 2.10 bits per heavy atom. The summed E-state index contributed by atoms with van der Waals surface area (Å²) in [6.07, 6.45) is 1.74. The van der Waals surface area contributed by atoms with Gasteiger partial charge in [0.2, 0.25) is 0 Å². The summed E-state index contributed by atoms with van der Waals surface area (Å²) in [6, 6.07) is 3.82. The van der Waals surface area contributed by atoms with Gasteiger partial charge in [0.05, 0.1) is 10.7 Å². The van der Waals surface area contributed by atoms with Gasteiger partial charge in [-0.3, -0.25) is 9.20 Å². The van der Waals surface area contributed by atoms with Gasteiger partial charge in [0, 0.05) is 17.3 Å². The Hall–Kier alpha value is -1.85. The van der Waals surface area contributed by atoms with Crippen LogP contribution in [0.15, 0.2) is 23.7 Å². The topological polar surface area (TPSA) is 46.4 Å². The van der Waals surface area contributed by atoms with Crippen LogP contribution in [0.2, 0.25) is 5.02 Å². The van der Waals surface area contributed by atoms with E-state index >= 15 is 0 Å². The lowest BCUT2D eigenvalue weighted by Gasteiger charge is -2.10. The molecular weight excluding hydrogens is 306 g/mol. The first kappa shape index (κ1) is 14.1. The number of amides is 1. The highest BCUT2D eigenvalue weighted by atomic mass is 35.5. The van der Waals surface area contributed by atoms with Crippen molar-refractivity contribution >= 4 is 39.5 Å². The van der Waals surface area contributed by atoms with Crippen molar-refractivity contribution in [1.29, 1.82) is 0 Å². The van der Waals surface area contributed by atoms with E-state index in [4.69, 9.17) is 11.6 Å². The molecule has 0 radical (unpaired) electrons. The first-order valence-corrected chi connectivity index (χ1v) is 7.73. The maximum atomic E-state index is 12.3. The van der Waals surface area contributed by atoms with E-state index in [-0.39, 0.29) is 5.91 Å². The fourth-order valence-electron chi connectivity index (χ4n) is 2.25. The Kier molecular flexibility index (Phi) is 3.47. The van der Waals surface area contributed by atoms with Crippen LogP contribution in [-0.4, -0.2) is 15.3 Å². The predicted molar refractivity (Wildman–Crippen MR) is 86.7 cm³/mol. The molecule has 1 aromatic carbocycles. The highest BCUT2D eigenvalue weighted by molar-refractivity contribution is 7.15. The van der Waals surface area contributed by atoms with E-state index < -0.39 is 0 Å². The van der Waals surface area contributed by atoms with Crippen LogP contribution in [0.1, 0.15) is 27.3 Å². The fraction of sp³-hybridized carbons (Fsp3) is 0.200. The number of thiazole rings is 1. The standard InChI is InChI=1S/C15H14ClN3OS/c1-8-4-9(2)13(11(16)5-8)18-14(20)12-6-19-10(3)7-21-15(19)17-12/h4-7H,1-3H3,(H,18,20). The van der Waals surface area contributed by atoms with Crippen molar-refractivity contribution in [2.75, 3.05) is 5.32 Å². The first-order valence-electron chi connectivity index (χ1n) is 6.47. The van der Waals surface area contributed by atoms with Crippen LogP contribution in [0.3, 0.4) is 0 Å². The van der Waals surface area contributed by atoms with Gasteiger partial charge in [-0.05, 0) is 38.0 Å². The average Bonchev–Trinajstić information content (AvgIpc) is 2.96. The van der Waals surface area contributed by atoms with Gasteiger partial charge in [0.25, 0.3) is 5.91 Å². The number of nitrogens with one attached hydrogen (secondary N) is 1. The first-order chi connectivity index (χ1) is 9.95. The number of rotatable bonds is 2. The molecule has 6 heteroatoms. The number of hydrogen-bond donors (Lipinski definition) is 1. The smallest absolute Gasteiger partial charge is 0.275 e. The van der Waals surface area contributed by atoms with Gasteiger partial charge < -0.3 is 5.32 Å². The molecule has 2 aromatic heterocycles. The number of carbonyl (C=O) groups is 1. The molecule has 0 bridgehead atoms. The summed E-state index contributed by atoms with van der Waals surface area (Å²) >= 11 is 7.72. The van der Waals surface area contributed by atoms with Crippen molar-refractivity contribution in [2.24, 2.45) is 0 Å². The molecule has 0 fully saturated rings. The van der Waals surface area contributed by atoms with E-state index in [0.29, 0.717) is 16.4 Å². The maximum Gasteiger partial charge on any atom is 0.275 e. The van der Waals surface area contributed by atoms with Gasteiger partial charge in [-0.2, -0.15) is 0 Å². The van der Waals surface area contributed by atoms with Crippen LogP contribution >= 0.6 is 22.9 Å². The molecule has 0 unspecified atom stereocenters. The van der Waals surface area contributed by atoms with E-state index in [1.807, 2.05) is 42.7 Å². The number of aryl methyl sites for hydroxylation is 3. The van der Waals surface area contributed by atoms with Crippen molar-refractivity contribution in [2.45, 2.75) is 20.8 Å². The summed E-state index contributed by atoms with van der Waals surface area (Å²) in [5.41, 5.74) is 4.09. The molecule has 0 atom stereocenters. The summed E-state index contributed by atoms with van der Waals surface area (Å²) in [4.78, 5) is 17.5. The normalized spacial score (nSPS) is 11.0. The Labute approximate surface area is 131 Å². The lowest BCUT2D eigenvalue weighted by Crippen LogP contribution is -2.13. The molecule has 0 spiro atoms. The van der Waals surface area contributed by atoms with Gasteiger partial charge >= 0.3 is 0 Å². The quantitative estimate of drug-likeness (QED) is 0.768. The Balaban J connectivity index is 1.93. The van der Waals surface area contributed by atoms with Gasteiger partial charge in [-0.15, -0.1) is 11.3 Å². The Morgan fingerprint density at radius 1 is 1.33 bits per heavy atom. The van der Waals surface area contributed by atoms with E-state index in [2.05, 4.69) is 10.3 Å². The molecule has 3 rings (SSSR count). The number of imidazole rings is 1. The lowest BCUT2D eigenvalue weighted by molar-refractivity contribution is 0.102. The summed E-state index contributed by atoms with van der Waals surface area (Å²) in [5.74, 6) is -0.251. The fourth-order valence-corrected chi connectivity index (χ4v) is 3.47. The molecule has 0 aliphatic carbocycles. The number of aromatic nitrogens is 2. The molecule has 2 heterocycles. The summed E-state index contributed by atoms with van der Waals surface area (Å²) in [7, 11) is 0. The SMILES string of the molecule is Cc1cc(C)c(NC(=O)c2cn3c(C)csc3n2)c(Cl)c1. The third-order valence-corrected chi connectivity index (χ3v) is 4.55. The van der Waals surface area contributed by atoms with Gasteiger partial charge in [-0.1, -0.05) is 17.7 Å². The monoisotopic (exact) mass is 319 g/mol. The zero-order chi connectivity index (χ0) is 15.1. The molecule has 0 saturated carbocycles. The van der Waals surface area contributed by atoms with Crippen LogP contribution in [0.4, 0.5) is 5.69 Å². The minimum Gasteiger partial charge on any atom is -0.319 e. The van der Waals surface area contributed by atoms with Gasteiger partial charge in [0.1, 0.15) is 5.69 Å². The second kappa shape index (κ2) is 5.16. The summed E-state index contributed by atoms with van der Waals surface area (Å²) in [5, 5.41) is 5.39. The zero-order valence-corrected chi connectivity index (χ0v) is 13.5. The second-order valence-corrected chi connectivity index (χ2v) is 6.29. The van der Waals surface area contributed by atoms with Gasteiger partial charge in [-0.25, -0.2) is 4.98 Å². The maximum absolute atomic E-state index is 12.3. The number of carbonyl (C=O) groups excluding carboxylic acids is 1. The number of anilines is 1. The number of halogens is 1. The summed E-state index contributed by atoms with van der Waals surface area (Å²) in [6.45, 7) is 5.87. The van der Waals surface area contributed by atoms with Gasteiger partial charge in [0.15, 0.2) is 4.96 Å². The molecule has 3 aromatic rings. The Bertz CT molecular complexity index is 827. The number of nitrogens with zero attached hydrogens (tertiary/aromatic N) is 2. The van der Waals surface area contributed by atoms with Crippen molar-refractivity contribution in [3.63, 3.8) is 0 Å². The molecule has 0 aliphatic rings. The molecule has 0 aliphatic heterocycles.